The fourth-order valence-electron chi connectivity index (χ4n) is 2.98. The van der Waals surface area contributed by atoms with E-state index in [1.807, 2.05) is 56.3 Å². The molecule has 114 valence electrons. The van der Waals surface area contributed by atoms with Gasteiger partial charge < -0.3 is 19.3 Å². The van der Waals surface area contributed by atoms with Gasteiger partial charge in [0, 0.05) is 5.92 Å². The third-order valence-corrected chi connectivity index (χ3v) is 3.95. The molecule has 0 saturated carbocycles. The van der Waals surface area contributed by atoms with E-state index in [1.54, 1.807) is 0 Å². The van der Waals surface area contributed by atoms with Gasteiger partial charge in [-0.25, -0.2) is 0 Å². The van der Waals surface area contributed by atoms with Crippen LogP contribution in [0.25, 0.3) is 0 Å². The molecule has 1 aliphatic carbocycles. The van der Waals surface area contributed by atoms with Gasteiger partial charge in [-0.05, 0) is 19.4 Å². The molecule has 0 radical (unpaired) electrons. The van der Waals surface area contributed by atoms with Crippen molar-refractivity contribution in [3.05, 3.63) is 48.0 Å². The maximum atomic E-state index is 9.58. The van der Waals surface area contributed by atoms with Crippen LogP contribution in [0.1, 0.15) is 19.4 Å². The first-order chi connectivity index (χ1) is 10.1. The molecule has 3 rings (SSSR count). The average molecular weight is 290 g/mol. The highest BCUT2D eigenvalue weighted by Crippen LogP contribution is 2.37. The molecule has 0 spiro atoms. The van der Waals surface area contributed by atoms with E-state index in [0.29, 0.717) is 6.61 Å². The summed E-state index contributed by atoms with van der Waals surface area (Å²) in [6.07, 6.45) is 3.46. The van der Waals surface area contributed by atoms with Gasteiger partial charge in [0.05, 0.1) is 19.3 Å². The van der Waals surface area contributed by atoms with Crippen molar-refractivity contribution in [3.63, 3.8) is 0 Å². The molecule has 0 aromatic heterocycles. The Morgan fingerprint density at radius 1 is 1.14 bits per heavy atom. The molecule has 4 atom stereocenters. The Morgan fingerprint density at radius 2 is 1.90 bits per heavy atom. The topological polar surface area (TPSA) is 47.9 Å². The zero-order valence-electron chi connectivity index (χ0n) is 12.4. The summed E-state index contributed by atoms with van der Waals surface area (Å²) >= 11 is 0. The van der Waals surface area contributed by atoms with Crippen LogP contribution in [0.3, 0.4) is 0 Å². The molecule has 1 aromatic carbocycles. The van der Waals surface area contributed by atoms with Gasteiger partial charge in [-0.1, -0.05) is 42.5 Å². The molecule has 1 aliphatic heterocycles. The normalized spacial score (nSPS) is 33.9. The number of benzene rings is 1. The van der Waals surface area contributed by atoms with E-state index in [1.165, 1.54) is 0 Å². The second-order valence-electron chi connectivity index (χ2n) is 6.06. The van der Waals surface area contributed by atoms with E-state index in [0.717, 1.165) is 5.56 Å². The van der Waals surface area contributed by atoms with Crippen LogP contribution in [0, 0.1) is 5.92 Å². The number of hydrogen-bond donors (Lipinski definition) is 1. The lowest BCUT2D eigenvalue weighted by Gasteiger charge is -2.33. The first-order valence-corrected chi connectivity index (χ1v) is 7.39. The van der Waals surface area contributed by atoms with Crippen molar-refractivity contribution in [1.82, 2.24) is 0 Å². The van der Waals surface area contributed by atoms with Crippen LogP contribution in [0.4, 0.5) is 0 Å². The second kappa shape index (κ2) is 5.89. The van der Waals surface area contributed by atoms with Crippen molar-refractivity contribution >= 4 is 0 Å². The van der Waals surface area contributed by atoms with Crippen LogP contribution >= 0.6 is 0 Å². The van der Waals surface area contributed by atoms with E-state index >= 15 is 0 Å². The summed E-state index contributed by atoms with van der Waals surface area (Å²) in [6, 6.07) is 10.0. The van der Waals surface area contributed by atoms with Crippen LogP contribution < -0.4 is 0 Å². The molecule has 1 fully saturated rings. The van der Waals surface area contributed by atoms with Gasteiger partial charge in [0.25, 0.3) is 0 Å². The fraction of sp³-hybridized carbons (Fsp3) is 0.529. The number of hydrogen-bond acceptors (Lipinski definition) is 4. The Bertz CT molecular complexity index is 497. The monoisotopic (exact) mass is 290 g/mol. The van der Waals surface area contributed by atoms with E-state index in [9.17, 15) is 5.11 Å². The van der Waals surface area contributed by atoms with Crippen molar-refractivity contribution < 1.29 is 19.3 Å². The summed E-state index contributed by atoms with van der Waals surface area (Å²) < 4.78 is 17.9. The summed E-state index contributed by atoms with van der Waals surface area (Å²) in [6.45, 7) is 4.36. The Kier molecular flexibility index (Phi) is 4.13. The lowest BCUT2D eigenvalue weighted by Crippen LogP contribution is -2.45. The van der Waals surface area contributed by atoms with Crippen molar-refractivity contribution in [2.45, 2.75) is 44.6 Å². The number of fused-ring (bicyclic) bond motifs is 1. The molecular weight excluding hydrogens is 268 g/mol. The van der Waals surface area contributed by atoms with Gasteiger partial charge in [0.15, 0.2) is 5.79 Å². The Hall–Kier alpha value is -1.20. The zero-order valence-corrected chi connectivity index (χ0v) is 12.4. The van der Waals surface area contributed by atoms with Gasteiger partial charge in [-0.15, -0.1) is 0 Å². The minimum atomic E-state index is -0.613. The molecule has 21 heavy (non-hydrogen) atoms. The first kappa shape index (κ1) is 14.7. The Labute approximate surface area is 125 Å². The van der Waals surface area contributed by atoms with E-state index in [-0.39, 0.29) is 30.8 Å². The zero-order chi connectivity index (χ0) is 14.9. The number of ether oxygens (including phenoxy) is 3. The fourth-order valence-corrected chi connectivity index (χ4v) is 2.98. The highest BCUT2D eigenvalue weighted by molar-refractivity contribution is 5.15. The van der Waals surface area contributed by atoms with Gasteiger partial charge in [0.1, 0.15) is 12.2 Å². The largest absolute Gasteiger partial charge is 0.396 e. The smallest absolute Gasteiger partial charge is 0.164 e. The van der Waals surface area contributed by atoms with E-state index < -0.39 is 5.79 Å². The van der Waals surface area contributed by atoms with E-state index in [2.05, 4.69) is 0 Å². The van der Waals surface area contributed by atoms with Gasteiger partial charge in [-0.2, -0.15) is 0 Å². The van der Waals surface area contributed by atoms with E-state index in [4.69, 9.17) is 14.2 Å². The van der Waals surface area contributed by atoms with Gasteiger partial charge in [-0.3, -0.25) is 0 Å². The highest BCUT2D eigenvalue weighted by atomic mass is 16.8. The van der Waals surface area contributed by atoms with Crippen LogP contribution in [-0.2, 0) is 20.8 Å². The molecule has 1 N–H and O–H groups in total. The lowest BCUT2D eigenvalue weighted by atomic mass is 9.89. The number of aliphatic hydroxyl groups excluding tert-OH is 1. The molecule has 4 heteroatoms. The van der Waals surface area contributed by atoms with Crippen LogP contribution in [-0.4, -0.2) is 35.8 Å². The maximum Gasteiger partial charge on any atom is 0.164 e. The minimum absolute atomic E-state index is 0.0446. The molecule has 4 nitrogen and oxygen atoms in total. The third-order valence-electron chi connectivity index (χ3n) is 3.95. The predicted molar refractivity (Wildman–Crippen MR) is 78.6 cm³/mol. The molecule has 0 amide bonds. The molecular formula is C17H22O4. The van der Waals surface area contributed by atoms with Crippen molar-refractivity contribution in [2.24, 2.45) is 5.92 Å². The van der Waals surface area contributed by atoms with Gasteiger partial charge >= 0.3 is 0 Å². The summed E-state index contributed by atoms with van der Waals surface area (Å²) in [5.74, 6) is -0.675. The minimum Gasteiger partial charge on any atom is -0.396 e. The maximum absolute atomic E-state index is 9.58. The average Bonchev–Trinajstić information content (AvgIpc) is 2.80. The Balaban J connectivity index is 1.73. The SMILES string of the molecule is CC1(C)O[C@@H]2[C@@H](OCc3ccccc3)[C@H](CO)C=C[C@@H]2O1. The van der Waals surface area contributed by atoms with Crippen molar-refractivity contribution in [2.75, 3.05) is 6.61 Å². The number of rotatable bonds is 4. The first-order valence-electron chi connectivity index (χ1n) is 7.39. The van der Waals surface area contributed by atoms with Gasteiger partial charge in [0.2, 0.25) is 0 Å². The number of aliphatic hydroxyl groups is 1. The summed E-state index contributed by atoms with van der Waals surface area (Å²) in [7, 11) is 0. The standard InChI is InChI=1S/C17H22O4/c1-17(2)20-14-9-8-13(10-18)15(16(14)21-17)19-11-12-6-4-3-5-7-12/h3-9,13-16,18H,10-11H2,1-2H3/t13-,14-,15-,16-/m0/s1. The molecule has 1 saturated heterocycles. The van der Waals surface area contributed by atoms with Crippen LogP contribution in [0.2, 0.25) is 0 Å². The molecule has 1 aromatic rings. The van der Waals surface area contributed by atoms with Crippen LogP contribution in [0.5, 0.6) is 0 Å². The molecule has 2 aliphatic rings. The molecule has 0 bridgehead atoms. The summed E-state index contributed by atoms with van der Waals surface area (Å²) in [5, 5.41) is 9.58. The lowest BCUT2D eigenvalue weighted by molar-refractivity contribution is -0.164. The summed E-state index contributed by atoms with van der Waals surface area (Å²) in [5.41, 5.74) is 1.11. The van der Waals surface area contributed by atoms with Crippen molar-refractivity contribution in [3.8, 4) is 0 Å². The second-order valence-corrected chi connectivity index (χ2v) is 6.06. The Morgan fingerprint density at radius 3 is 2.62 bits per heavy atom. The quantitative estimate of drug-likeness (QED) is 0.864. The third kappa shape index (κ3) is 3.19. The predicted octanol–water partition coefficient (Wildman–Crippen LogP) is 2.27. The van der Waals surface area contributed by atoms with Crippen LogP contribution in [0.15, 0.2) is 42.5 Å². The van der Waals surface area contributed by atoms with Crippen molar-refractivity contribution in [1.29, 1.82) is 0 Å². The molecule has 0 unspecified atom stereocenters. The highest BCUT2D eigenvalue weighted by Gasteiger charge is 2.48. The molecule has 1 heterocycles. The summed E-state index contributed by atoms with van der Waals surface area (Å²) in [4.78, 5) is 0.